The predicted molar refractivity (Wildman–Crippen MR) is 63.3 cm³/mol. The Balaban J connectivity index is 2.28. The molecule has 88 valence electrons. The molecule has 2 rings (SSSR count). The fourth-order valence-electron chi connectivity index (χ4n) is 1.42. The molecule has 0 aliphatic heterocycles. The molecule has 0 atom stereocenters. The van der Waals surface area contributed by atoms with Crippen molar-refractivity contribution >= 4 is 11.7 Å². The van der Waals surface area contributed by atoms with Gasteiger partial charge in [0.05, 0.1) is 11.1 Å². The van der Waals surface area contributed by atoms with E-state index < -0.39 is 11.7 Å². The van der Waals surface area contributed by atoms with Gasteiger partial charge in [0.15, 0.2) is 5.82 Å². The number of nitrogens with zero attached hydrogens (tertiary/aromatic N) is 2. The summed E-state index contributed by atoms with van der Waals surface area (Å²) in [5.41, 5.74) is 0.134. The Morgan fingerprint density at radius 1 is 1.28 bits per heavy atom. The smallest absolute Gasteiger partial charge is 0.259 e. The molecule has 0 radical (unpaired) electrons. The van der Waals surface area contributed by atoms with Crippen LogP contribution in [0.5, 0.6) is 0 Å². The van der Waals surface area contributed by atoms with Crippen LogP contribution in [0.2, 0.25) is 0 Å². The number of anilines is 1. The van der Waals surface area contributed by atoms with Crippen molar-refractivity contribution in [3.05, 3.63) is 59.5 Å². The normalized spacial score (nSPS) is 9.56. The van der Waals surface area contributed by atoms with E-state index in [-0.39, 0.29) is 16.9 Å². The lowest BCUT2D eigenvalue weighted by Gasteiger charge is -2.06. The lowest BCUT2D eigenvalue weighted by atomic mass is 10.2. The van der Waals surface area contributed by atoms with E-state index >= 15 is 0 Å². The quantitative estimate of drug-likeness (QED) is 0.877. The van der Waals surface area contributed by atoms with Gasteiger partial charge in [-0.3, -0.25) is 4.79 Å². The molecule has 1 heterocycles. The molecule has 0 saturated carbocycles. The van der Waals surface area contributed by atoms with Crippen LogP contribution < -0.4 is 5.32 Å². The third-order valence-corrected chi connectivity index (χ3v) is 2.28. The maximum absolute atomic E-state index is 13.4. The topological polar surface area (TPSA) is 65.8 Å². The number of pyridine rings is 1. The highest BCUT2D eigenvalue weighted by atomic mass is 19.1. The summed E-state index contributed by atoms with van der Waals surface area (Å²) in [4.78, 5) is 15.7. The zero-order valence-electron chi connectivity index (χ0n) is 9.22. The van der Waals surface area contributed by atoms with E-state index in [0.717, 1.165) is 0 Å². The second-order valence-corrected chi connectivity index (χ2v) is 3.45. The molecule has 0 aliphatic rings. The third kappa shape index (κ3) is 2.33. The Labute approximate surface area is 103 Å². The van der Waals surface area contributed by atoms with Crippen molar-refractivity contribution in [2.45, 2.75) is 0 Å². The van der Waals surface area contributed by atoms with Gasteiger partial charge in [0, 0.05) is 6.20 Å². The number of nitriles is 1. The molecule has 1 aromatic heterocycles. The standard InChI is InChI=1S/C13H8FN3O/c14-11-6-2-1-5-10(11)13(18)17-12-9(8-15)4-3-7-16-12/h1-7H,(H,16,17,18). The second-order valence-electron chi connectivity index (χ2n) is 3.45. The molecule has 0 bridgehead atoms. The van der Waals surface area contributed by atoms with E-state index in [1.807, 2.05) is 6.07 Å². The largest absolute Gasteiger partial charge is 0.305 e. The summed E-state index contributed by atoms with van der Waals surface area (Å²) in [5, 5.41) is 11.2. The minimum Gasteiger partial charge on any atom is -0.305 e. The van der Waals surface area contributed by atoms with Crippen LogP contribution in [0.3, 0.4) is 0 Å². The van der Waals surface area contributed by atoms with Crippen LogP contribution in [0.4, 0.5) is 10.2 Å². The summed E-state index contributed by atoms with van der Waals surface area (Å²) in [6.45, 7) is 0. The molecule has 2 aromatic rings. The van der Waals surface area contributed by atoms with Crippen LogP contribution >= 0.6 is 0 Å². The van der Waals surface area contributed by atoms with Gasteiger partial charge in [-0.15, -0.1) is 0 Å². The van der Waals surface area contributed by atoms with E-state index in [2.05, 4.69) is 10.3 Å². The van der Waals surface area contributed by atoms with E-state index in [4.69, 9.17) is 5.26 Å². The van der Waals surface area contributed by atoms with Gasteiger partial charge in [-0.2, -0.15) is 5.26 Å². The number of amides is 1. The fraction of sp³-hybridized carbons (Fsp3) is 0. The molecule has 5 heteroatoms. The Morgan fingerprint density at radius 3 is 2.78 bits per heavy atom. The van der Waals surface area contributed by atoms with Crippen molar-refractivity contribution in [3.8, 4) is 6.07 Å². The Kier molecular flexibility index (Phi) is 3.30. The highest BCUT2D eigenvalue weighted by Crippen LogP contribution is 2.13. The van der Waals surface area contributed by atoms with Crippen molar-refractivity contribution in [2.24, 2.45) is 0 Å². The number of rotatable bonds is 2. The number of aromatic nitrogens is 1. The van der Waals surface area contributed by atoms with Crippen molar-refractivity contribution in [1.82, 2.24) is 4.98 Å². The minimum atomic E-state index is -0.636. The van der Waals surface area contributed by atoms with Crippen LogP contribution in [0, 0.1) is 17.1 Å². The van der Waals surface area contributed by atoms with Crippen molar-refractivity contribution < 1.29 is 9.18 Å². The maximum atomic E-state index is 13.4. The van der Waals surface area contributed by atoms with Gasteiger partial charge in [-0.25, -0.2) is 9.37 Å². The summed E-state index contributed by atoms with van der Waals surface area (Å²) in [7, 11) is 0. The average molecular weight is 241 g/mol. The number of hydrogen-bond donors (Lipinski definition) is 1. The molecule has 4 nitrogen and oxygen atoms in total. The molecular weight excluding hydrogens is 233 g/mol. The first-order valence-corrected chi connectivity index (χ1v) is 5.13. The zero-order valence-corrected chi connectivity index (χ0v) is 9.22. The van der Waals surface area contributed by atoms with E-state index in [9.17, 15) is 9.18 Å². The van der Waals surface area contributed by atoms with Gasteiger partial charge in [0.2, 0.25) is 0 Å². The Hall–Kier alpha value is -2.74. The summed E-state index contributed by atoms with van der Waals surface area (Å²) in [5.74, 6) is -1.14. The third-order valence-electron chi connectivity index (χ3n) is 2.28. The highest BCUT2D eigenvalue weighted by Gasteiger charge is 2.13. The molecule has 0 aliphatic carbocycles. The average Bonchev–Trinajstić information content (AvgIpc) is 2.39. The van der Waals surface area contributed by atoms with Crippen molar-refractivity contribution in [1.29, 1.82) is 5.26 Å². The number of halogens is 1. The predicted octanol–water partition coefficient (Wildman–Crippen LogP) is 2.34. The lowest BCUT2D eigenvalue weighted by Crippen LogP contribution is -2.15. The van der Waals surface area contributed by atoms with E-state index in [0.29, 0.717) is 0 Å². The van der Waals surface area contributed by atoms with E-state index in [1.54, 1.807) is 12.1 Å². The fourth-order valence-corrected chi connectivity index (χ4v) is 1.42. The van der Waals surface area contributed by atoms with Crippen LogP contribution in [0.15, 0.2) is 42.6 Å². The molecular formula is C13H8FN3O. The number of nitrogens with one attached hydrogen (secondary N) is 1. The molecule has 1 aromatic carbocycles. The van der Waals surface area contributed by atoms with Gasteiger partial charge in [-0.1, -0.05) is 12.1 Å². The van der Waals surface area contributed by atoms with Gasteiger partial charge >= 0.3 is 0 Å². The number of carbonyl (C=O) groups is 1. The van der Waals surface area contributed by atoms with Crippen LogP contribution in [-0.4, -0.2) is 10.9 Å². The lowest BCUT2D eigenvalue weighted by molar-refractivity contribution is 0.102. The molecule has 0 spiro atoms. The van der Waals surface area contributed by atoms with Crippen LogP contribution in [0.1, 0.15) is 15.9 Å². The summed E-state index contributed by atoms with van der Waals surface area (Å²) < 4.78 is 13.4. The molecule has 0 fully saturated rings. The first-order valence-electron chi connectivity index (χ1n) is 5.13. The Bertz CT molecular complexity index is 634. The monoisotopic (exact) mass is 241 g/mol. The number of hydrogen-bond acceptors (Lipinski definition) is 3. The molecule has 1 N–H and O–H groups in total. The maximum Gasteiger partial charge on any atom is 0.259 e. The van der Waals surface area contributed by atoms with Crippen LogP contribution in [-0.2, 0) is 0 Å². The highest BCUT2D eigenvalue weighted by molar-refractivity contribution is 6.04. The molecule has 1 amide bonds. The first-order chi connectivity index (χ1) is 8.72. The van der Waals surface area contributed by atoms with Gasteiger partial charge in [0.1, 0.15) is 11.9 Å². The Morgan fingerprint density at radius 2 is 2.06 bits per heavy atom. The summed E-state index contributed by atoms with van der Waals surface area (Å²) in [6.07, 6.45) is 1.44. The second kappa shape index (κ2) is 5.06. The summed E-state index contributed by atoms with van der Waals surface area (Å²) >= 11 is 0. The van der Waals surface area contributed by atoms with Gasteiger partial charge in [-0.05, 0) is 24.3 Å². The molecule has 0 unspecified atom stereocenters. The van der Waals surface area contributed by atoms with Gasteiger partial charge < -0.3 is 5.32 Å². The first kappa shape index (κ1) is 11.7. The molecule has 0 saturated heterocycles. The SMILES string of the molecule is N#Cc1cccnc1NC(=O)c1ccccc1F. The summed E-state index contributed by atoms with van der Waals surface area (Å²) in [6, 6.07) is 10.6. The number of carbonyl (C=O) groups excluding carboxylic acids is 1. The number of benzene rings is 1. The molecule has 18 heavy (non-hydrogen) atoms. The van der Waals surface area contributed by atoms with E-state index in [1.165, 1.54) is 30.5 Å². The van der Waals surface area contributed by atoms with Crippen molar-refractivity contribution in [3.63, 3.8) is 0 Å². The minimum absolute atomic E-state index is 0.0907. The van der Waals surface area contributed by atoms with Gasteiger partial charge in [0.25, 0.3) is 5.91 Å². The van der Waals surface area contributed by atoms with Crippen LogP contribution in [0.25, 0.3) is 0 Å². The van der Waals surface area contributed by atoms with Crippen molar-refractivity contribution in [2.75, 3.05) is 5.32 Å². The zero-order chi connectivity index (χ0) is 13.0.